The predicted octanol–water partition coefficient (Wildman–Crippen LogP) is 1.53. The number of carbonyl (C=O) groups is 1. The number of halogens is 2. The summed E-state index contributed by atoms with van der Waals surface area (Å²) < 4.78 is 25.8. The van der Waals surface area contributed by atoms with Gasteiger partial charge in [-0.15, -0.1) is 0 Å². The van der Waals surface area contributed by atoms with Crippen LogP contribution in [0, 0.1) is 11.6 Å². The number of rotatable bonds is 4. The van der Waals surface area contributed by atoms with Crippen molar-refractivity contribution in [3.8, 4) is 0 Å². The van der Waals surface area contributed by atoms with Crippen LogP contribution in [-0.2, 0) is 11.3 Å². The van der Waals surface area contributed by atoms with E-state index in [1.54, 1.807) is 0 Å². The molecule has 0 saturated heterocycles. The van der Waals surface area contributed by atoms with Crippen LogP contribution in [-0.4, -0.2) is 17.1 Å². The standard InChI is InChI=1S/C10H11F2NO2/c1-6(10(14)15)13-5-7-3-2-4-8(11)9(7)12/h2-4,6,13H,5H2,1H3,(H,14,15)/t6-/m0/s1. The highest BCUT2D eigenvalue weighted by molar-refractivity contribution is 5.72. The van der Waals surface area contributed by atoms with Crippen molar-refractivity contribution < 1.29 is 18.7 Å². The third-order valence-electron chi connectivity index (χ3n) is 2.00. The Balaban J connectivity index is 2.66. The summed E-state index contributed by atoms with van der Waals surface area (Å²) in [4.78, 5) is 10.4. The lowest BCUT2D eigenvalue weighted by atomic mass is 10.2. The van der Waals surface area contributed by atoms with Crippen LogP contribution in [0.1, 0.15) is 12.5 Å². The van der Waals surface area contributed by atoms with Crippen LogP contribution in [0.3, 0.4) is 0 Å². The molecule has 1 rings (SSSR count). The van der Waals surface area contributed by atoms with E-state index in [4.69, 9.17) is 5.11 Å². The second kappa shape index (κ2) is 4.84. The Morgan fingerprint density at radius 2 is 2.20 bits per heavy atom. The first-order valence-corrected chi connectivity index (χ1v) is 4.41. The zero-order valence-corrected chi connectivity index (χ0v) is 8.13. The van der Waals surface area contributed by atoms with Crippen molar-refractivity contribution >= 4 is 5.97 Å². The zero-order valence-electron chi connectivity index (χ0n) is 8.13. The van der Waals surface area contributed by atoms with E-state index in [0.717, 1.165) is 6.07 Å². The van der Waals surface area contributed by atoms with Gasteiger partial charge in [0.2, 0.25) is 0 Å². The first-order chi connectivity index (χ1) is 7.02. The lowest BCUT2D eigenvalue weighted by Gasteiger charge is -2.09. The van der Waals surface area contributed by atoms with Crippen molar-refractivity contribution in [2.75, 3.05) is 0 Å². The van der Waals surface area contributed by atoms with Crippen LogP contribution in [0.25, 0.3) is 0 Å². The van der Waals surface area contributed by atoms with Crippen molar-refractivity contribution in [2.24, 2.45) is 0 Å². The lowest BCUT2D eigenvalue weighted by Crippen LogP contribution is -2.33. The predicted molar refractivity (Wildman–Crippen MR) is 50.3 cm³/mol. The molecule has 0 aliphatic rings. The van der Waals surface area contributed by atoms with Gasteiger partial charge >= 0.3 is 5.97 Å². The third kappa shape index (κ3) is 2.99. The van der Waals surface area contributed by atoms with E-state index in [-0.39, 0.29) is 12.1 Å². The number of hydrogen-bond donors (Lipinski definition) is 2. The van der Waals surface area contributed by atoms with Gasteiger partial charge in [0.1, 0.15) is 6.04 Å². The molecule has 1 aromatic rings. The summed E-state index contributed by atoms with van der Waals surface area (Å²) in [6.45, 7) is 1.41. The molecule has 3 nitrogen and oxygen atoms in total. The van der Waals surface area contributed by atoms with E-state index in [1.165, 1.54) is 19.1 Å². The maximum absolute atomic E-state index is 13.1. The third-order valence-corrected chi connectivity index (χ3v) is 2.00. The van der Waals surface area contributed by atoms with E-state index in [2.05, 4.69) is 5.32 Å². The smallest absolute Gasteiger partial charge is 0.320 e. The lowest BCUT2D eigenvalue weighted by molar-refractivity contribution is -0.139. The Labute approximate surface area is 85.7 Å². The van der Waals surface area contributed by atoms with Crippen molar-refractivity contribution in [3.63, 3.8) is 0 Å². The first kappa shape index (κ1) is 11.6. The molecule has 0 fully saturated rings. The van der Waals surface area contributed by atoms with Gasteiger partial charge in [0.05, 0.1) is 0 Å². The number of nitrogens with one attached hydrogen (secondary N) is 1. The molecule has 1 aromatic carbocycles. The van der Waals surface area contributed by atoms with E-state index in [9.17, 15) is 13.6 Å². The summed E-state index contributed by atoms with van der Waals surface area (Å²) in [6.07, 6.45) is 0. The summed E-state index contributed by atoms with van der Waals surface area (Å²) in [5.41, 5.74) is 0.114. The van der Waals surface area contributed by atoms with Gasteiger partial charge in [0.25, 0.3) is 0 Å². The molecule has 0 heterocycles. The molecule has 0 bridgehead atoms. The number of carboxylic acids is 1. The molecular weight excluding hydrogens is 204 g/mol. The highest BCUT2D eigenvalue weighted by atomic mass is 19.2. The topological polar surface area (TPSA) is 49.3 Å². The van der Waals surface area contributed by atoms with Gasteiger partial charge in [-0.1, -0.05) is 12.1 Å². The van der Waals surface area contributed by atoms with E-state index in [1.807, 2.05) is 0 Å². The van der Waals surface area contributed by atoms with Crippen LogP contribution in [0.2, 0.25) is 0 Å². The maximum Gasteiger partial charge on any atom is 0.320 e. The highest BCUT2D eigenvalue weighted by Gasteiger charge is 2.12. The fraction of sp³-hybridized carbons (Fsp3) is 0.300. The van der Waals surface area contributed by atoms with Crippen LogP contribution >= 0.6 is 0 Å². The number of hydrogen-bond acceptors (Lipinski definition) is 2. The fourth-order valence-electron chi connectivity index (χ4n) is 1.04. The Kier molecular flexibility index (Phi) is 3.74. The minimum Gasteiger partial charge on any atom is -0.480 e. The Hall–Kier alpha value is -1.49. The molecule has 0 aromatic heterocycles. The largest absolute Gasteiger partial charge is 0.480 e. The molecule has 15 heavy (non-hydrogen) atoms. The molecule has 0 amide bonds. The van der Waals surface area contributed by atoms with Gasteiger partial charge < -0.3 is 10.4 Å². The first-order valence-electron chi connectivity index (χ1n) is 4.41. The minimum atomic E-state index is -1.04. The van der Waals surface area contributed by atoms with Gasteiger partial charge in [0, 0.05) is 12.1 Å². The fourth-order valence-corrected chi connectivity index (χ4v) is 1.04. The normalized spacial score (nSPS) is 12.5. The molecule has 5 heteroatoms. The van der Waals surface area contributed by atoms with Crippen LogP contribution < -0.4 is 5.32 Å². The zero-order chi connectivity index (χ0) is 11.4. The number of benzene rings is 1. The molecular formula is C10H11F2NO2. The molecule has 1 atom stereocenters. The summed E-state index contributed by atoms with van der Waals surface area (Å²) in [6, 6.07) is 2.99. The van der Waals surface area contributed by atoms with E-state index in [0.29, 0.717) is 0 Å². The molecule has 0 saturated carbocycles. The number of aliphatic carboxylic acids is 1. The summed E-state index contributed by atoms with van der Waals surface area (Å²) >= 11 is 0. The molecule has 0 spiro atoms. The van der Waals surface area contributed by atoms with Gasteiger partial charge in [-0.3, -0.25) is 4.79 Å². The van der Waals surface area contributed by atoms with Gasteiger partial charge in [-0.25, -0.2) is 8.78 Å². The molecule has 0 unspecified atom stereocenters. The molecule has 0 aliphatic carbocycles. The molecule has 2 N–H and O–H groups in total. The monoisotopic (exact) mass is 215 g/mol. The Bertz CT molecular complexity index is 368. The number of carboxylic acid groups (broad SMARTS) is 1. The average molecular weight is 215 g/mol. The van der Waals surface area contributed by atoms with Crippen molar-refractivity contribution in [1.82, 2.24) is 5.32 Å². The van der Waals surface area contributed by atoms with Gasteiger partial charge in [-0.05, 0) is 13.0 Å². The Morgan fingerprint density at radius 1 is 1.53 bits per heavy atom. The second-order valence-corrected chi connectivity index (χ2v) is 3.15. The summed E-state index contributed by atoms with van der Waals surface area (Å²) in [5.74, 6) is -2.91. The second-order valence-electron chi connectivity index (χ2n) is 3.15. The van der Waals surface area contributed by atoms with Gasteiger partial charge in [-0.2, -0.15) is 0 Å². The summed E-state index contributed by atoms with van der Waals surface area (Å²) in [7, 11) is 0. The Morgan fingerprint density at radius 3 is 2.80 bits per heavy atom. The maximum atomic E-state index is 13.1. The van der Waals surface area contributed by atoms with Crippen LogP contribution in [0.5, 0.6) is 0 Å². The minimum absolute atomic E-state index is 0.0168. The highest BCUT2D eigenvalue weighted by Crippen LogP contribution is 2.10. The van der Waals surface area contributed by atoms with E-state index >= 15 is 0 Å². The van der Waals surface area contributed by atoms with Gasteiger partial charge in [0.15, 0.2) is 11.6 Å². The van der Waals surface area contributed by atoms with Crippen molar-refractivity contribution in [1.29, 1.82) is 0 Å². The van der Waals surface area contributed by atoms with Crippen LogP contribution in [0.15, 0.2) is 18.2 Å². The molecule has 82 valence electrons. The SMILES string of the molecule is C[C@H](NCc1cccc(F)c1F)C(=O)O. The van der Waals surface area contributed by atoms with Crippen molar-refractivity contribution in [3.05, 3.63) is 35.4 Å². The molecule has 0 aliphatic heterocycles. The van der Waals surface area contributed by atoms with E-state index < -0.39 is 23.6 Å². The van der Waals surface area contributed by atoms with Crippen LogP contribution in [0.4, 0.5) is 8.78 Å². The summed E-state index contributed by atoms with van der Waals surface area (Å²) in [5, 5.41) is 11.1. The molecule has 0 radical (unpaired) electrons. The van der Waals surface area contributed by atoms with Crippen molar-refractivity contribution in [2.45, 2.75) is 19.5 Å². The quantitative estimate of drug-likeness (QED) is 0.800. The average Bonchev–Trinajstić information content (AvgIpc) is 2.19.